The minimum Gasteiger partial charge on any atom is -0.394 e. The lowest BCUT2D eigenvalue weighted by atomic mass is 10.1. The van der Waals surface area contributed by atoms with Crippen molar-refractivity contribution >= 4 is 23.1 Å². The Balaban J connectivity index is 1.79. The van der Waals surface area contributed by atoms with Crippen LogP contribution in [0.25, 0.3) is 11.2 Å². The third-order valence-corrected chi connectivity index (χ3v) is 5.83. The predicted molar refractivity (Wildman–Crippen MR) is 104 cm³/mol. The molecule has 0 bridgehead atoms. The second kappa shape index (κ2) is 7.54. The summed E-state index contributed by atoms with van der Waals surface area (Å²) in [7, 11) is 0. The van der Waals surface area contributed by atoms with E-state index in [4.69, 9.17) is 10.5 Å². The quantitative estimate of drug-likeness (QED) is 0.299. The Morgan fingerprint density at radius 1 is 1.28 bits per heavy atom. The van der Waals surface area contributed by atoms with Crippen LogP contribution < -0.4 is 21.1 Å². The molecule has 0 unspecified atom stereocenters. The molecule has 2 fully saturated rings. The molecule has 0 amide bonds. The van der Waals surface area contributed by atoms with Crippen LogP contribution in [0.1, 0.15) is 20.1 Å². The number of anilines is 2. The number of quaternary nitrogens is 1. The van der Waals surface area contributed by atoms with Gasteiger partial charge in [-0.1, -0.05) is 0 Å². The number of aromatic amines is 1. The topological polar surface area (TPSA) is 167 Å². The van der Waals surface area contributed by atoms with Crippen molar-refractivity contribution < 1.29 is 25.0 Å². The van der Waals surface area contributed by atoms with E-state index in [9.17, 15) is 20.1 Å². The van der Waals surface area contributed by atoms with Crippen LogP contribution in [-0.4, -0.2) is 92.0 Å². The summed E-state index contributed by atoms with van der Waals surface area (Å²) in [5.74, 6) is 0.331. The molecule has 160 valence electrons. The average Bonchev–Trinajstić information content (AvgIpc) is 3.20. The number of nitrogens with two attached hydrogens (primary N) is 1. The number of ether oxygens (including phenoxy) is 1. The van der Waals surface area contributed by atoms with Crippen molar-refractivity contribution in [1.82, 2.24) is 19.5 Å². The van der Waals surface area contributed by atoms with Crippen LogP contribution in [0, 0.1) is 0 Å². The van der Waals surface area contributed by atoms with Gasteiger partial charge in [0.1, 0.15) is 18.3 Å². The second-order valence-electron chi connectivity index (χ2n) is 7.93. The third-order valence-electron chi connectivity index (χ3n) is 5.83. The Morgan fingerprint density at radius 2 is 1.97 bits per heavy atom. The maximum absolute atomic E-state index is 12.4. The van der Waals surface area contributed by atoms with Crippen LogP contribution in [0.3, 0.4) is 0 Å². The molecule has 2 aromatic rings. The highest BCUT2D eigenvalue weighted by Crippen LogP contribution is 2.35. The maximum Gasteiger partial charge on any atom is 0.280 e. The van der Waals surface area contributed by atoms with Gasteiger partial charge in [-0.2, -0.15) is 4.98 Å². The first-order chi connectivity index (χ1) is 13.8. The molecule has 0 radical (unpaired) electrons. The van der Waals surface area contributed by atoms with Crippen LogP contribution in [0.15, 0.2) is 4.79 Å². The van der Waals surface area contributed by atoms with E-state index < -0.39 is 36.7 Å². The lowest BCUT2D eigenvalue weighted by Gasteiger charge is -2.35. The molecule has 4 rings (SSSR count). The standard InChI is InChI=1S/C17H27N7O5/c1-8(2)22-3-5-23(6-4-22)17-19-10-13(20-16(18)21-14(10)28)24(17)15-12(27)11(26)9(7-25)29-15/h8-9,11-12,15,25-27H,3-7H2,1-2H3,(H3,18,20,21,28)/p+1/t9-,11+,12+,15+/m0/s1. The number of nitrogens with one attached hydrogen (secondary N) is 2. The molecule has 2 aliphatic rings. The molecular weight excluding hydrogens is 382 g/mol. The zero-order valence-electron chi connectivity index (χ0n) is 16.4. The van der Waals surface area contributed by atoms with Crippen LogP contribution in [0.5, 0.6) is 0 Å². The summed E-state index contributed by atoms with van der Waals surface area (Å²) >= 11 is 0. The van der Waals surface area contributed by atoms with Crippen molar-refractivity contribution in [2.24, 2.45) is 0 Å². The first kappa shape index (κ1) is 20.0. The number of aromatic nitrogens is 4. The normalized spacial score (nSPS) is 28.7. The number of nitrogens with zero attached hydrogens (tertiary/aromatic N) is 4. The molecule has 2 aliphatic heterocycles. The van der Waals surface area contributed by atoms with E-state index in [1.807, 2.05) is 4.90 Å². The van der Waals surface area contributed by atoms with Crippen LogP contribution in [-0.2, 0) is 4.74 Å². The summed E-state index contributed by atoms with van der Waals surface area (Å²) in [6.07, 6.45) is -4.63. The molecule has 4 atom stereocenters. The van der Waals surface area contributed by atoms with Gasteiger partial charge >= 0.3 is 0 Å². The fourth-order valence-electron chi connectivity index (χ4n) is 4.11. The summed E-state index contributed by atoms with van der Waals surface area (Å²) in [6.45, 7) is 7.06. The molecule has 12 heteroatoms. The molecule has 2 saturated heterocycles. The number of piperazine rings is 1. The van der Waals surface area contributed by atoms with E-state index in [2.05, 4.69) is 28.8 Å². The van der Waals surface area contributed by atoms with E-state index in [0.29, 0.717) is 25.1 Å². The van der Waals surface area contributed by atoms with Crippen molar-refractivity contribution in [2.45, 2.75) is 44.4 Å². The van der Waals surface area contributed by atoms with E-state index in [-0.39, 0.29) is 17.1 Å². The molecule has 2 aromatic heterocycles. The molecule has 0 saturated carbocycles. The Kier molecular flexibility index (Phi) is 5.21. The Morgan fingerprint density at radius 3 is 2.55 bits per heavy atom. The first-order valence-corrected chi connectivity index (χ1v) is 9.81. The molecule has 0 aliphatic carbocycles. The number of hydrogen-bond donors (Lipinski definition) is 6. The van der Waals surface area contributed by atoms with Crippen LogP contribution in [0.4, 0.5) is 11.9 Å². The number of imidazole rings is 1. The molecule has 12 nitrogen and oxygen atoms in total. The van der Waals surface area contributed by atoms with Crippen LogP contribution >= 0.6 is 0 Å². The summed E-state index contributed by atoms with van der Waals surface area (Å²) in [5, 5.41) is 30.2. The minimum atomic E-state index is -1.33. The monoisotopic (exact) mass is 410 g/mol. The van der Waals surface area contributed by atoms with E-state index >= 15 is 0 Å². The molecule has 7 N–H and O–H groups in total. The van der Waals surface area contributed by atoms with Crippen molar-refractivity contribution in [3.05, 3.63) is 10.4 Å². The summed E-state index contributed by atoms with van der Waals surface area (Å²) in [5.41, 5.74) is 5.47. The number of rotatable bonds is 4. The average molecular weight is 410 g/mol. The van der Waals surface area contributed by atoms with Gasteiger partial charge in [0.2, 0.25) is 11.9 Å². The Bertz CT molecular complexity index is 936. The van der Waals surface area contributed by atoms with Gasteiger partial charge in [0.25, 0.3) is 5.56 Å². The predicted octanol–water partition coefficient (Wildman–Crippen LogP) is -3.57. The SMILES string of the molecule is CC(C)[NH+]1CCN(c2nc3c(=O)[nH]c(N)nc3n2[C@@H]2O[C@@H](CO)[C@@H](O)[C@H]2O)CC1. The van der Waals surface area contributed by atoms with Gasteiger partial charge in [-0.3, -0.25) is 14.3 Å². The highest BCUT2D eigenvalue weighted by molar-refractivity contribution is 5.75. The van der Waals surface area contributed by atoms with Crippen molar-refractivity contribution in [2.75, 3.05) is 43.4 Å². The number of fused-ring (bicyclic) bond motifs is 1. The van der Waals surface area contributed by atoms with Crippen molar-refractivity contribution in [1.29, 1.82) is 0 Å². The lowest BCUT2D eigenvalue weighted by Crippen LogP contribution is -3.17. The molecule has 0 aromatic carbocycles. The van der Waals surface area contributed by atoms with Gasteiger partial charge in [0, 0.05) is 0 Å². The van der Waals surface area contributed by atoms with E-state index in [1.165, 1.54) is 9.47 Å². The van der Waals surface area contributed by atoms with E-state index in [1.54, 1.807) is 0 Å². The van der Waals surface area contributed by atoms with Crippen molar-refractivity contribution in [3.8, 4) is 0 Å². The smallest absolute Gasteiger partial charge is 0.280 e. The van der Waals surface area contributed by atoms with Gasteiger partial charge < -0.3 is 35.6 Å². The first-order valence-electron chi connectivity index (χ1n) is 9.81. The lowest BCUT2D eigenvalue weighted by molar-refractivity contribution is -0.922. The molecule has 0 spiro atoms. The maximum atomic E-state index is 12.4. The fourth-order valence-corrected chi connectivity index (χ4v) is 4.11. The number of nitrogen functional groups attached to an aromatic ring is 1. The number of H-pyrrole nitrogens is 1. The zero-order valence-corrected chi connectivity index (χ0v) is 16.4. The van der Waals surface area contributed by atoms with E-state index in [0.717, 1.165) is 13.1 Å². The fraction of sp³-hybridized carbons (Fsp3) is 0.706. The minimum absolute atomic E-state index is 0.0746. The number of aliphatic hydroxyl groups is 3. The van der Waals surface area contributed by atoms with Crippen LogP contribution in [0.2, 0.25) is 0 Å². The zero-order chi connectivity index (χ0) is 20.9. The van der Waals surface area contributed by atoms with Gasteiger partial charge in [-0.25, -0.2) is 4.98 Å². The molecular formula is C17H28N7O5+. The third kappa shape index (κ3) is 3.36. The van der Waals surface area contributed by atoms with Gasteiger partial charge in [-0.15, -0.1) is 0 Å². The van der Waals surface area contributed by atoms with Gasteiger partial charge in [0.05, 0.1) is 38.8 Å². The summed E-state index contributed by atoms with van der Waals surface area (Å²) < 4.78 is 7.21. The Hall–Kier alpha value is -2.25. The van der Waals surface area contributed by atoms with Gasteiger partial charge in [0.15, 0.2) is 17.4 Å². The Labute approximate surface area is 166 Å². The second-order valence-corrected chi connectivity index (χ2v) is 7.93. The number of aliphatic hydroxyl groups excluding tert-OH is 3. The molecule has 29 heavy (non-hydrogen) atoms. The highest BCUT2D eigenvalue weighted by atomic mass is 16.6. The largest absolute Gasteiger partial charge is 0.394 e. The number of hydrogen-bond acceptors (Lipinski definition) is 9. The summed E-state index contributed by atoms with van der Waals surface area (Å²) in [6, 6.07) is 0.501. The van der Waals surface area contributed by atoms with Crippen molar-refractivity contribution in [3.63, 3.8) is 0 Å². The van der Waals surface area contributed by atoms with Gasteiger partial charge in [-0.05, 0) is 13.8 Å². The summed E-state index contributed by atoms with van der Waals surface area (Å²) in [4.78, 5) is 27.0. The molecule has 4 heterocycles. The highest BCUT2D eigenvalue weighted by Gasteiger charge is 2.45.